The van der Waals surface area contributed by atoms with Gasteiger partial charge in [-0.3, -0.25) is 0 Å². The Kier molecular flexibility index (Phi) is 3.77. The van der Waals surface area contributed by atoms with Crippen LogP contribution >= 0.6 is 0 Å². The highest BCUT2D eigenvalue weighted by atomic mass is 15.2. The largest absolute Gasteiger partial charge is 0.357 e. The van der Waals surface area contributed by atoms with Crippen molar-refractivity contribution >= 4 is 17.5 Å². The molecule has 0 aliphatic heterocycles. The van der Waals surface area contributed by atoms with Gasteiger partial charge in [0.1, 0.15) is 5.82 Å². The van der Waals surface area contributed by atoms with Crippen LogP contribution in [0, 0.1) is 6.92 Å². The van der Waals surface area contributed by atoms with Crippen LogP contribution in [0.1, 0.15) is 12.5 Å². The van der Waals surface area contributed by atoms with Gasteiger partial charge in [-0.25, -0.2) is 4.98 Å². The zero-order valence-electron chi connectivity index (χ0n) is 11.0. The molecule has 0 spiro atoms. The van der Waals surface area contributed by atoms with Crippen molar-refractivity contribution in [2.24, 2.45) is 0 Å². The summed E-state index contributed by atoms with van der Waals surface area (Å²) in [7, 11) is 1.82. The van der Waals surface area contributed by atoms with Crippen LogP contribution in [0.15, 0.2) is 36.5 Å². The summed E-state index contributed by atoms with van der Waals surface area (Å²) < 4.78 is 0. The fourth-order valence-electron chi connectivity index (χ4n) is 1.89. The highest BCUT2D eigenvalue weighted by Crippen LogP contribution is 2.24. The number of benzene rings is 1. The van der Waals surface area contributed by atoms with Crippen molar-refractivity contribution in [3.8, 4) is 0 Å². The highest BCUT2D eigenvalue weighted by Gasteiger charge is 2.09. The summed E-state index contributed by atoms with van der Waals surface area (Å²) in [5.41, 5.74) is 2.40. The van der Waals surface area contributed by atoms with E-state index in [1.54, 1.807) is 6.20 Å². The Morgan fingerprint density at radius 2 is 2.11 bits per heavy atom. The Balaban J connectivity index is 2.38. The van der Waals surface area contributed by atoms with Crippen LogP contribution in [-0.2, 0) is 0 Å². The van der Waals surface area contributed by atoms with Crippen molar-refractivity contribution in [2.45, 2.75) is 13.8 Å². The summed E-state index contributed by atoms with van der Waals surface area (Å²) in [5.74, 6) is 1.54. The summed E-state index contributed by atoms with van der Waals surface area (Å²) in [6.45, 7) is 5.07. The first-order valence-electron chi connectivity index (χ1n) is 6.09. The molecule has 0 bridgehead atoms. The van der Waals surface area contributed by atoms with E-state index in [0.717, 1.165) is 18.1 Å². The quantitative estimate of drug-likeness (QED) is 0.895. The van der Waals surface area contributed by atoms with E-state index >= 15 is 0 Å². The molecule has 4 nitrogen and oxygen atoms in total. The van der Waals surface area contributed by atoms with Gasteiger partial charge in [0.05, 0.1) is 0 Å². The Bertz CT molecular complexity index is 525. The zero-order chi connectivity index (χ0) is 13.0. The van der Waals surface area contributed by atoms with Gasteiger partial charge < -0.3 is 10.2 Å². The van der Waals surface area contributed by atoms with Crippen molar-refractivity contribution in [1.29, 1.82) is 0 Å². The summed E-state index contributed by atoms with van der Waals surface area (Å²) in [5, 5.41) is 2.96. The maximum absolute atomic E-state index is 4.47. The monoisotopic (exact) mass is 242 g/mol. The lowest BCUT2D eigenvalue weighted by atomic mass is 10.2. The van der Waals surface area contributed by atoms with Gasteiger partial charge in [-0.05, 0) is 37.6 Å². The standard InChI is InChI=1S/C14H18N4/c1-4-18(12-7-5-6-11(2)10-12)13-8-9-16-14(15-3)17-13/h5-10H,4H2,1-3H3,(H,15,16,17). The lowest BCUT2D eigenvalue weighted by Crippen LogP contribution is -2.18. The second kappa shape index (κ2) is 5.49. The van der Waals surface area contributed by atoms with Gasteiger partial charge in [-0.1, -0.05) is 12.1 Å². The van der Waals surface area contributed by atoms with E-state index in [-0.39, 0.29) is 0 Å². The number of nitrogens with one attached hydrogen (secondary N) is 1. The number of aryl methyl sites for hydroxylation is 1. The molecule has 0 saturated carbocycles. The summed E-state index contributed by atoms with van der Waals surface area (Å²) in [6, 6.07) is 10.3. The highest BCUT2D eigenvalue weighted by molar-refractivity contribution is 5.61. The first kappa shape index (κ1) is 12.4. The van der Waals surface area contributed by atoms with Gasteiger partial charge in [0.2, 0.25) is 5.95 Å². The average molecular weight is 242 g/mol. The molecule has 18 heavy (non-hydrogen) atoms. The van der Waals surface area contributed by atoms with E-state index in [9.17, 15) is 0 Å². The predicted molar refractivity (Wildman–Crippen MR) is 75.4 cm³/mol. The zero-order valence-corrected chi connectivity index (χ0v) is 11.0. The van der Waals surface area contributed by atoms with E-state index in [1.807, 2.05) is 13.1 Å². The van der Waals surface area contributed by atoms with Crippen LogP contribution in [0.25, 0.3) is 0 Å². The van der Waals surface area contributed by atoms with Gasteiger partial charge in [0.15, 0.2) is 0 Å². The minimum Gasteiger partial charge on any atom is -0.357 e. The molecule has 0 atom stereocenters. The Hall–Kier alpha value is -2.10. The minimum absolute atomic E-state index is 0.638. The molecule has 1 N–H and O–H groups in total. The van der Waals surface area contributed by atoms with Crippen molar-refractivity contribution in [1.82, 2.24) is 9.97 Å². The normalized spacial score (nSPS) is 10.2. The molecule has 0 aliphatic rings. The number of hydrogen-bond acceptors (Lipinski definition) is 4. The van der Waals surface area contributed by atoms with E-state index in [1.165, 1.54) is 5.56 Å². The van der Waals surface area contributed by atoms with Crippen LogP contribution in [0.4, 0.5) is 17.5 Å². The third kappa shape index (κ3) is 2.59. The Morgan fingerprint density at radius 3 is 2.78 bits per heavy atom. The van der Waals surface area contributed by atoms with E-state index < -0.39 is 0 Å². The molecule has 0 fully saturated rings. The Morgan fingerprint density at radius 1 is 1.28 bits per heavy atom. The third-order valence-electron chi connectivity index (χ3n) is 2.77. The lowest BCUT2D eigenvalue weighted by molar-refractivity contribution is 0.976. The molecule has 4 heteroatoms. The van der Waals surface area contributed by atoms with Crippen LogP contribution in [0.5, 0.6) is 0 Å². The molecular formula is C14H18N4. The number of nitrogens with zero attached hydrogens (tertiary/aromatic N) is 3. The maximum Gasteiger partial charge on any atom is 0.224 e. The second-order valence-corrected chi connectivity index (χ2v) is 4.07. The van der Waals surface area contributed by atoms with Crippen molar-refractivity contribution in [3.63, 3.8) is 0 Å². The summed E-state index contributed by atoms with van der Waals surface area (Å²) in [4.78, 5) is 10.8. The first-order valence-corrected chi connectivity index (χ1v) is 6.09. The number of rotatable bonds is 4. The molecule has 2 rings (SSSR count). The molecule has 0 saturated heterocycles. The molecule has 0 aliphatic carbocycles. The molecular weight excluding hydrogens is 224 g/mol. The van der Waals surface area contributed by atoms with Crippen LogP contribution in [0.3, 0.4) is 0 Å². The molecule has 0 unspecified atom stereocenters. The van der Waals surface area contributed by atoms with Crippen molar-refractivity contribution in [3.05, 3.63) is 42.1 Å². The molecule has 1 heterocycles. The molecule has 94 valence electrons. The van der Waals surface area contributed by atoms with E-state index in [4.69, 9.17) is 0 Å². The number of aromatic nitrogens is 2. The number of anilines is 3. The second-order valence-electron chi connectivity index (χ2n) is 4.07. The molecule has 2 aromatic rings. The van der Waals surface area contributed by atoms with Gasteiger partial charge in [0, 0.05) is 25.5 Å². The number of hydrogen-bond donors (Lipinski definition) is 1. The topological polar surface area (TPSA) is 41.1 Å². The predicted octanol–water partition coefficient (Wildman–Crippen LogP) is 2.98. The third-order valence-corrected chi connectivity index (χ3v) is 2.77. The van der Waals surface area contributed by atoms with E-state index in [2.05, 4.69) is 58.3 Å². The van der Waals surface area contributed by atoms with Crippen LogP contribution in [-0.4, -0.2) is 23.6 Å². The van der Waals surface area contributed by atoms with E-state index in [0.29, 0.717) is 5.95 Å². The fourth-order valence-corrected chi connectivity index (χ4v) is 1.89. The van der Waals surface area contributed by atoms with Crippen molar-refractivity contribution in [2.75, 3.05) is 23.8 Å². The van der Waals surface area contributed by atoms with Gasteiger partial charge in [-0.15, -0.1) is 0 Å². The minimum atomic E-state index is 0.638. The summed E-state index contributed by atoms with van der Waals surface area (Å²) in [6.07, 6.45) is 1.77. The fraction of sp³-hybridized carbons (Fsp3) is 0.286. The van der Waals surface area contributed by atoms with Gasteiger partial charge in [-0.2, -0.15) is 4.98 Å². The van der Waals surface area contributed by atoms with Gasteiger partial charge >= 0.3 is 0 Å². The van der Waals surface area contributed by atoms with Gasteiger partial charge in [0.25, 0.3) is 0 Å². The first-order chi connectivity index (χ1) is 8.74. The Labute approximate surface area is 108 Å². The molecule has 1 aromatic heterocycles. The smallest absolute Gasteiger partial charge is 0.224 e. The average Bonchev–Trinajstić information content (AvgIpc) is 2.40. The molecule has 0 amide bonds. The van der Waals surface area contributed by atoms with Crippen molar-refractivity contribution < 1.29 is 0 Å². The van der Waals surface area contributed by atoms with Crippen LogP contribution < -0.4 is 10.2 Å². The van der Waals surface area contributed by atoms with Crippen LogP contribution in [0.2, 0.25) is 0 Å². The molecule has 0 radical (unpaired) electrons. The SMILES string of the molecule is CCN(c1cccc(C)c1)c1ccnc(NC)n1. The molecule has 1 aromatic carbocycles. The summed E-state index contributed by atoms with van der Waals surface area (Å²) >= 11 is 0. The maximum atomic E-state index is 4.47. The lowest BCUT2D eigenvalue weighted by Gasteiger charge is -2.22.